The molecule has 3 nitrogen and oxygen atoms in total. The van der Waals surface area contributed by atoms with Gasteiger partial charge in [0.1, 0.15) is 17.2 Å². The van der Waals surface area contributed by atoms with E-state index in [1.807, 2.05) is 12.1 Å². The van der Waals surface area contributed by atoms with E-state index in [-0.39, 0.29) is 5.75 Å². The Bertz CT molecular complexity index is 472. The average Bonchev–Trinajstić information content (AvgIpc) is 2.33. The van der Waals surface area contributed by atoms with Gasteiger partial charge in [0.05, 0.1) is 6.10 Å². The number of benzene rings is 2. The third kappa shape index (κ3) is 2.98. The predicted octanol–water partition coefficient (Wildman–Crippen LogP) is 3.24. The fourth-order valence-electron chi connectivity index (χ4n) is 1.46. The molecule has 0 aliphatic carbocycles. The zero-order chi connectivity index (χ0) is 12.3. The summed E-state index contributed by atoms with van der Waals surface area (Å²) in [5.41, 5.74) is 0.850. The molecule has 0 aliphatic heterocycles. The quantitative estimate of drug-likeness (QED) is 0.851. The number of aliphatic hydroxyl groups is 1. The molecule has 0 spiro atoms. The largest absolute Gasteiger partial charge is 0.508 e. The lowest BCUT2D eigenvalue weighted by molar-refractivity contribution is 0.199. The third-order valence-electron chi connectivity index (χ3n) is 2.43. The van der Waals surface area contributed by atoms with E-state index in [1.165, 1.54) is 0 Å². The monoisotopic (exact) mass is 230 g/mol. The van der Waals surface area contributed by atoms with Gasteiger partial charge in [-0.2, -0.15) is 0 Å². The van der Waals surface area contributed by atoms with Crippen LogP contribution in [0.1, 0.15) is 18.6 Å². The van der Waals surface area contributed by atoms with E-state index in [9.17, 15) is 5.11 Å². The Morgan fingerprint density at radius 3 is 1.82 bits per heavy atom. The van der Waals surface area contributed by atoms with Gasteiger partial charge in [-0.25, -0.2) is 0 Å². The Morgan fingerprint density at radius 2 is 1.35 bits per heavy atom. The molecule has 3 heteroatoms. The van der Waals surface area contributed by atoms with Gasteiger partial charge in [-0.1, -0.05) is 12.1 Å². The zero-order valence-electron chi connectivity index (χ0n) is 9.50. The first kappa shape index (κ1) is 11.5. The summed E-state index contributed by atoms with van der Waals surface area (Å²) in [4.78, 5) is 0. The molecule has 0 bridgehead atoms. The Hall–Kier alpha value is -2.00. The maximum absolute atomic E-state index is 9.37. The molecule has 0 aliphatic rings. The van der Waals surface area contributed by atoms with E-state index >= 15 is 0 Å². The van der Waals surface area contributed by atoms with Crippen molar-refractivity contribution in [3.63, 3.8) is 0 Å². The molecule has 1 atom stereocenters. The Morgan fingerprint density at radius 1 is 0.882 bits per heavy atom. The van der Waals surface area contributed by atoms with Crippen LogP contribution in [0.15, 0.2) is 48.5 Å². The van der Waals surface area contributed by atoms with Crippen LogP contribution in [0.4, 0.5) is 0 Å². The standard InChI is InChI=1S/C14H14O3/c1-10(15)11-2-6-13(7-3-11)17-14-8-4-12(16)5-9-14/h2-10,15-16H,1H3. The van der Waals surface area contributed by atoms with Gasteiger partial charge >= 0.3 is 0 Å². The summed E-state index contributed by atoms with van der Waals surface area (Å²) >= 11 is 0. The topological polar surface area (TPSA) is 49.7 Å². The maximum Gasteiger partial charge on any atom is 0.127 e. The molecule has 0 fully saturated rings. The third-order valence-corrected chi connectivity index (χ3v) is 2.43. The van der Waals surface area contributed by atoms with Crippen LogP contribution in [-0.4, -0.2) is 10.2 Å². The summed E-state index contributed by atoms with van der Waals surface area (Å²) in [6.45, 7) is 1.72. The normalized spacial score (nSPS) is 12.1. The minimum atomic E-state index is -0.474. The van der Waals surface area contributed by atoms with Crippen molar-refractivity contribution in [2.24, 2.45) is 0 Å². The molecule has 88 valence electrons. The van der Waals surface area contributed by atoms with Crippen LogP contribution in [0.3, 0.4) is 0 Å². The van der Waals surface area contributed by atoms with E-state index in [0.29, 0.717) is 11.5 Å². The van der Waals surface area contributed by atoms with Crippen LogP contribution in [0, 0.1) is 0 Å². The highest BCUT2D eigenvalue weighted by Crippen LogP contribution is 2.24. The summed E-state index contributed by atoms with van der Waals surface area (Å²) in [6.07, 6.45) is -0.474. The highest BCUT2D eigenvalue weighted by Gasteiger charge is 2.01. The molecule has 1 unspecified atom stereocenters. The minimum Gasteiger partial charge on any atom is -0.508 e. The number of rotatable bonds is 3. The smallest absolute Gasteiger partial charge is 0.127 e. The van der Waals surface area contributed by atoms with Crippen LogP contribution in [0.25, 0.3) is 0 Å². The molecular formula is C14H14O3. The van der Waals surface area contributed by atoms with E-state index in [1.54, 1.807) is 43.3 Å². The maximum atomic E-state index is 9.37. The lowest BCUT2D eigenvalue weighted by atomic mass is 10.1. The van der Waals surface area contributed by atoms with E-state index in [0.717, 1.165) is 5.56 Å². The summed E-state index contributed by atoms with van der Waals surface area (Å²) in [5, 5.41) is 18.5. The highest BCUT2D eigenvalue weighted by molar-refractivity contribution is 5.36. The molecule has 0 saturated carbocycles. The van der Waals surface area contributed by atoms with Crippen LogP contribution in [-0.2, 0) is 0 Å². The van der Waals surface area contributed by atoms with Crippen LogP contribution < -0.4 is 4.74 Å². The number of hydrogen-bond donors (Lipinski definition) is 2. The summed E-state index contributed by atoms with van der Waals surface area (Å²) in [7, 11) is 0. The summed E-state index contributed by atoms with van der Waals surface area (Å²) < 4.78 is 5.58. The number of phenolic OH excluding ortho intramolecular Hbond substituents is 1. The number of hydrogen-bond acceptors (Lipinski definition) is 3. The van der Waals surface area contributed by atoms with Gasteiger partial charge in [0.25, 0.3) is 0 Å². The molecule has 0 saturated heterocycles. The first-order valence-corrected chi connectivity index (χ1v) is 5.40. The lowest BCUT2D eigenvalue weighted by Gasteiger charge is -2.08. The van der Waals surface area contributed by atoms with Gasteiger partial charge in [-0.05, 0) is 48.9 Å². The summed E-state index contributed by atoms with van der Waals surface area (Å²) in [6, 6.07) is 13.8. The van der Waals surface area contributed by atoms with Gasteiger partial charge in [0, 0.05) is 0 Å². The molecule has 2 rings (SSSR count). The fraction of sp³-hybridized carbons (Fsp3) is 0.143. The van der Waals surface area contributed by atoms with E-state index < -0.39 is 6.10 Å². The van der Waals surface area contributed by atoms with Crippen LogP contribution in [0.5, 0.6) is 17.2 Å². The second-order valence-corrected chi connectivity index (χ2v) is 3.84. The van der Waals surface area contributed by atoms with Gasteiger partial charge < -0.3 is 14.9 Å². The number of ether oxygens (including phenoxy) is 1. The van der Waals surface area contributed by atoms with E-state index in [2.05, 4.69) is 0 Å². The average molecular weight is 230 g/mol. The molecular weight excluding hydrogens is 216 g/mol. The molecule has 17 heavy (non-hydrogen) atoms. The first-order valence-electron chi connectivity index (χ1n) is 5.40. The molecule has 0 radical (unpaired) electrons. The van der Waals surface area contributed by atoms with Crippen molar-refractivity contribution in [1.29, 1.82) is 0 Å². The molecule has 0 heterocycles. The van der Waals surface area contributed by atoms with Crippen molar-refractivity contribution in [1.82, 2.24) is 0 Å². The number of phenols is 1. The SMILES string of the molecule is CC(O)c1ccc(Oc2ccc(O)cc2)cc1. The highest BCUT2D eigenvalue weighted by atomic mass is 16.5. The molecule has 2 aromatic carbocycles. The van der Waals surface area contributed by atoms with Crippen molar-refractivity contribution in [3.8, 4) is 17.2 Å². The minimum absolute atomic E-state index is 0.210. The van der Waals surface area contributed by atoms with Crippen molar-refractivity contribution in [2.75, 3.05) is 0 Å². The summed E-state index contributed by atoms with van der Waals surface area (Å²) in [5.74, 6) is 1.56. The second kappa shape index (κ2) is 4.89. The molecule has 0 aromatic heterocycles. The van der Waals surface area contributed by atoms with Gasteiger partial charge in [-0.3, -0.25) is 0 Å². The van der Waals surface area contributed by atoms with Gasteiger partial charge in [0.15, 0.2) is 0 Å². The Kier molecular flexibility index (Phi) is 3.30. The molecule has 2 N–H and O–H groups in total. The number of aromatic hydroxyl groups is 1. The van der Waals surface area contributed by atoms with Crippen molar-refractivity contribution < 1.29 is 14.9 Å². The number of aliphatic hydroxyl groups excluding tert-OH is 1. The predicted molar refractivity (Wildman–Crippen MR) is 65.3 cm³/mol. The first-order chi connectivity index (χ1) is 8.15. The van der Waals surface area contributed by atoms with Crippen molar-refractivity contribution in [2.45, 2.75) is 13.0 Å². The Balaban J connectivity index is 2.11. The second-order valence-electron chi connectivity index (χ2n) is 3.84. The van der Waals surface area contributed by atoms with Crippen LogP contribution >= 0.6 is 0 Å². The van der Waals surface area contributed by atoms with Gasteiger partial charge in [-0.15, -0.1) is 0 Å². The Labute approximate surface area is 99.9 Å². The lowest BCUT2D eigenvalue weighted by Crippen LogP contribution is -1.90. The van der Waals surface area contributed by atoms with Crippen LogP contribution in [0.2, 0.25) is 0 Å². The van der Waals surface area contributed by atoms with Crippen molar-refractivity contribution in [3.05, 3.63) is 54.1 Å². The fourth-order valence-corrected chi connectivity index (χ4v) is 1.46. The zero-order valence-corrected chi connectivity index (χ0v) is 9.50. The van der Waals surface area contributed by atoms with E-state index in [4.69, 9.17) is 9.84 Å². The molecule has 0 amide bonds. The van der Waals surface area contributed by atoms with Crippen molar-refractivity contribution >= 4 is 0 Å². The van der Waals surface area contributed by atoms with Gasteiger partial charge in [0.2, 0.25) is 0 Å². The molecule has 2 aromatic rings.